The molecule has 0 aliphatic rings. The normalized spacial score (nSPS) is 11.8. The number of amides is 1. The van der Waals surface area contributed by atoms with Crippen LogP contribution < -0.4 is 5.32 Å². The lowest BCUT2D eigenvalue weighted by Crippen LogP contribution is -2.29. The first-order valence-electron chi connectivity index (χ1n) is 9.38. The van der Waals surface area contributed by atoms with Crippen LogP contribution in [0.1, 0.15) is 42.1 Å². The number of para-hydroxylation sites is 1. The highest BCUT2D eigenvalue weighted by molar-refractivity contribution is 7.18. The second kappa shape index (κ2) is 9.43. The van der Waals surface area contributed by atoms with Crippen molar-refractivity contribution in [1.29, 1.82) is 0 Å². The number of carbonyl (C=O) groups excluding carboxylic acids is 3. The van der Waals surface area contributed by atoms with Gasteiger partial charge in [-0.05, 0) is 63.1 Å². The number of fused-ring (bicyclic) bond motifs is 1. The van der Waals surface area contributed by atoms with Crippen LogP contribution in [0.15, 0.2) is 48.5 Å². The predicted molar refractivity (Wildman–Crippen MR) is 113 cm³/mol. The summed E-state index contributed by atoms with van der Waals surface area (Å²) in [5.74, 6) is -0.878. The van der Waals surface area contributed by atoms with Crippen LogP contribution in [0.25, 0.3) is 10.2 Å². The number of hydrogen-bond acceptors (Lipinski definition) is 6. The molecule has 0 saturated carbocycles. The minimum Gasteiger partial charge on any atom is -0.453 e. The van der Waals surface area contributed by atoms with Gasteiger partial charge >= 0.3 is 5.97 Å². The number of esters is 1. The average molecular weight is 410 g/mol. The highest BCUT2D eigenvalue weighted by Crippen LogP contribution is 2.22. The topological polar surface area (TPSA) is 85.4 Å². The maximum Gasteiger partial charge on any atom is 0.306 e. The molecule has 0 bridgehead atoms. The minimum absolute atomic E-state index is 0.0454. The molecule has 150 valence electrons. The zero-order valence-electron chi connectivity index (χ0n) is 16.3. The number of carbonyl (C=O) groups is 3. The molecule has 0 fully saturated rings. The van der Waals surface area contributed by atoms with Crippen molar-refractivity contribution in [2.75, 3.05) is 5.32 Å². The Morgan fingerprint density at radius 3 is 2.52 bits per heavy atom. The van der Waals surface area contributed by atoms with E-state index in [4.69, 9.17) is 4.74 Å². The van der Waals surface area contributed by atoms with Gasteiger partial charge in [0.15, 0.2) is 11.9 Å². The summed E-state index contributed by atoms with van der Waals surface area (Å²) < 4.78 is 6.35. The van der Waals surface area contributed by atoms with Crippen LogP contribution in [0.3, 0.4) is 0 Å². The van der Waals surface area contributed by atoms with E-state index < -0.39 is 18.0 Å². The molecule has 0 saturated heterocycles. The third-order valence-corrected chi connectivity index (χ3v) is 5.44. The highest BCUT2D eigenvalue weighted by atomic mass is 32.1. The van der Waals surface area contributed by atoms with Gasteiger partial charge in [0.2, 0.25) is 0 Å². The number of ether oxygens (including phenoxy) is 1. The molecule has 1 heterocycles. The van der Waals surface area contributed by atoms with Gasteiger partial charge in [-0.1, -0.05) is 12.1 Å². The molecule has 1 N–H and O–H groups in total. The lowest BCUT2D eigenvalue weighted by atomic mass is 10.1. The summed E-state index contributed by atoms with van der Waals surface area (Å²) in [6, 6.07) is 14.5. The van der Waals surface area contributed by atoms with E-state index in [1.54, 1.807) is 35.6 Å². The molecule has 3 rings (SSSR count). The van der Waals surface area contributed by atoms with Crippen LogP contribution in [0, 0.1) is 0 Å². The molecular weight excluding hydrogens is 388 g/mol. The van der Waals surface area contributed by atoms with E-state index in [-0.39, 0.29) is 12.2 Å². The number of rotatable bonds is 8. The summed E-state index contributed by atoms with van der Waals surface area (Å²) in [4.78, 5) is 40.1. The number of nitrogens with zero attached hydrogens (tertiary/aromatic N) is 1. The highest BCUT2D eigenvalue weighted by Gasteiger charge is 2.18. The molecule has 1 atom stereocenters. The van der Waals surface area contributed by atoms with Crippen molar-refractivity contribution in [2.24, 2.45) is 0 Å². The number of nitrogens with one attached hydrogen (secondary N) is 1. The molecule has 3 aromatic rings. The van der Waals surface area contributed by atoms with Crippen molar-refractivity contribution < 1.29 is 19.1 Å². The molecule has 7 heteroatoms. The van der Waals surface area contributed by atoms with Gasteiger partial charge in [0.25, 0.3) is 5.91 Å². The molecule has 0 radical (unpaired) electrons. The van der Waals surface area contributed by atoms with Gasteiger partial charge in [-0.15, -0.1) is 11.3 Å². The first-order valence-corrected chi connectivity index (χ1v) is 10.2. The number of hydrogen-bond donors (Lipinski definition) is 1. The Morgan fingerprint density at radius 1 is 1.10 bits per heavy atom. The molecule has 1 aromatic heterocycles. The number of anilines is 1. The first-order chi connectivity index (χ1) is 13.9. The predicted octanol–water partition coefficient (Wildman–Crippen LogP) is 4.39. The molecule has 0 spiro atoms. The fourth-order valence-electron chi connectivity index (χ4n) is 2.75. The van der Waals surface area contributed by atoms with Crippen molar-refractivity contribution >= 4 is 44.9 Å². The van der Waals surface area contributed by atoms with Crippen LogP contribution in [-0.2, 0) is 20.7 Å². The Morgan fingerprint density at radius 2 is 1.83 bits per heavy atom. The SMILES string of the molecule is CC(=O)c1ccc(NC(=O)[C@@H](C)OC(=O)CCCc2nc3ccccc3s2)cc1. The zero-order valence-corrected chi connectivity index (χ0v) is 17.1. The molecule has 6 nitrogen and oxygen atoms in total. The van der Waals surface area contributed by atoms with E-state index in [1.807, 2.05) is 24.3 Å². The van der Waals surface area contributed by atoms with Crippen LogP contribution >= 0.6 is 11.3 Å². The lowest BCUT2D eigenvalue weighted by molar-refractivity contribution is -0.153. The Labute approximate surface area is 172 Å². The smallest absolute Gasteiger partial charge is 0.306 e. The largest absolute Gasteiger partial charge is 0.453 e. The average Bonchev–Trinajstić information content (AvgIpc) is 3.11. The Balaban J connectivity index is 1.43. The quantitative estimate of drug-likeness (QED) is 0.440. The number of thiazole rings is 1. The van der Waals surface area contributed by atoms with E-state index in [0.717, 1.165) is 15.2 Å². The van der Waals surface area contributed by atoms with Gasteiger partial charge in [-0.25, -0.2) is 4.98 Å². The maximum atomic E-state index is 12.2. The molecule has 2 aromatic carbocycles. The number of aromatic nitrogens is 1. The summed E-state index contributed by atoms with van der Waals surface area (Å²) in [7, 11) is 0. The van der Waals surface area contributed by atoms with Crippen molar-refractivity contribution in [1.82, 2.24) is 4.98 Å². The molecule has 1 amide bonds. The van der Waals surface area contributed by atoms with E-state index in [1.165, 1.54) is 13.8 Å². The van der Waals surface area contributed by atoms with Gasteiger partial charge in [0.1, 0.15) is 0 Å². The summed E-state index contributed by atoms with van der Waals surface area (Å²) in [6.45, 7) is 3.01. The minimum atomic E-state index is -0.905. The summed E-state index contributed by atoms with van der Waals surface area (Å²) in [5.41, 5.74) is 2.08. The third kappa shape index (κ3) is 5.71. The lowest BCUT2D eigenvalue weighted by Gasteiger charge is -2.13. The number of benzene rings is 2. The summed E-state index contributed by atoms with van der Waals surface area (Å²) in [5, 5.41) is 3.66. The fourth-order valence-corrected chi connectivity index (χ4v) is 3.76. The van der Waals surface area contributed by atoms with E-state index in [2.05, 4.69) is 10.3 Å². The zero-order chi connectivity index (χ0) is 20.8. The van der Waals surface area contributed by atoms with Crippen LogP contribution in [-0.4, -0.2) is 28.7 Å². The van der Waals surface area contributed by atoms with Crippen molar-refractivity contribution in [3.63, 3.8) is 0 Å². The Bertz CT molecular complexity index is 994. The fraction of sp³-hybridized carbons (Fsp3) is 0.273. The van der Waals surface area contributed by atoms with Gasteiger partial charge in [-0.2, -0.15) is 0 Å². The molecule has 0 aliphatic heterocycles. The summed E-state index contributed by atoms with van der Waals surface area (Å²) >= 11 is 1.62. The Kier molecular flexibility index (Phi) is 6.72. The van der Waals surface area contributed by atoms with E-state index in [0.29, 0.717) is 24.1 Å². The van der Waals surface area contributed by atoms with Crippen molar-refractivity contribution in [2.45, 2.75) is 39.2 Å². The number of Topliss-reactive ketones (excluding diaryl/α,β-unsaturated/α-hetero) is 1. The van der Waals surface area contributed by atoms with Gasteiger partial charge in [0, 0.05) is 17.7 Å². The van der Waals surface area contributed by atoms with Crippen molar-refractivity contribution in [3.05, 3.63) is 59.1 Å². The molecule has 29 heavy (non-hydrogen) atoms. The first kappa shape index (κ1) is 20.7. The Hall–Kier alpha value is -3.06. The summed E-state index contributed by atoms with van der Waals surface area (Å²) in [6.07, 6.45) is 0.621. The van der Waals surface area contributed by atoms with E-state index >= 15 is 0 Å². The number of ketones is 1. The second-order valence-electron chi connectivity index (χ2n) is 6.68. The van der Waals surface area contributed by atoms with Gasteiger partial charge < -0.3 is 10.1 Å². The monoisotopic (exact) mass is 410 g/mol. The maximum absolute atomic E-state index is 12.2. The van der Waals surface area contributed by atoms with Crippen LogP contribution in [0.5, 0.6) is 0 Å². The third-order valence-electron chi connectivity index (χ3n) is 4.35. The van der Waals surface area contributed by atoms with Crippen LogP contribution in [0.4, 0.5) is 5.69 Å². The van der Waals surface area contributed by atoms with Gasteiger partial charge in [-0.3, -0.25) is 14.4 Å². The molecular formula is C22H22N2O4S. The van der Waals surface area contributed by atoms with Gasteiger partial charge in [0.05, 0.1) is 15.2 Å². The molecule has 0 aliphatic carbocycles. The van der Waals surface area contributed by atoms with Crippen molar-refractivity contribution in [3.8, 4) is 0 Å². The second-order valence-corrected chi connectivity index (χ2v) is 7.80. The molecule has 0 unspecified atom stereocenters. The number of aryl methyl sites for hydroxylation is 1. The van der Waals surface area contributed by atoms with Crippen LogP contribution in [0.2, 0.25) is 0 Å². The standard InChI is InChI=1S/C22H22N2O4S/c1-14(25)16-10-12-17(13-11-16)23-22(27)15(2)28-21(26)9-5-8-20-24-18-6-3-4-7-19(18)29-20/h3-4,6-7,10-13,15H,5,8-9H2,1-2H3,(H,23,27)/t15-/m1/s1. The van der Waals surface area contributed by atoms with E-state index in [9.17, 15) is 14.4 Å².